The number of amides is 1. The summed E-state index contributed by atoms with van der Waals surface area (Å²) in [5, 5.41) is 8.91. The van der Waals surface area contributed by atoms with Crippen LogP contribution >= 0.6 is 0 Å². The molecule has 0 aliphatic carbocycles. The van der Waals surface area contributed by atoms with Crippen molar-refractivity contribution in [2.24, 2.45) is 0 Å². The van der Waals surface area contributed by atoms with Crippen LogP contribution in [0.3, 0.4) is 0 Å². The molecule has 0 aromatic heterocycles. The summed E-state index contributed by atoms with van der Waals surface area (Å²) in [4.78, 5) is 23.2. The molecule has 0 spiro atoms. The number of benzene rings is 1. The Hall–Kier alpha value is -1.91. The van der Waals surface area contributed by atoms with Crippen LogP contribution in [0.15, 0.2) is 24.3 Å². The lowest BCUT2D eigenvalue weighted by molar-refractivity contribution is -0.116. The summed E-state index contributed by atoms with van der Waals surface area (Å²) in [6, 6.07) is 5.13. The van der Waals surface area contributed by atoms with Crippen molar-refractivity contribution < 1.29 is 19.1 Å². The SMILES string of the molecule is O=C1CC(c2cccc(F)c2)N(C(=O)O)C1. The van der Waals surface area contributed by atoms with E-state index < -0.39 is 18.0 Å². The van der Waals surface area contributed by atoms with E-state index >= 15 is 0 Å². The Bertz CT molecular complexity index is 447. The standard InChI is InChI=1S/C11H10FNO3/c12-8-3-1-2-7(4-8)10-5-9(14)6-13(10)11(15)16/h1-4,10H,5-6H2,(H,15,16). The van der Waals surface area contributed by atoms with Crippen molar-refractivity contribution in [1.82, 2.24) is 4.90 Å². The summed E-state index contributed by atoms with van der Waals surface area (Å²) in [6.45, 7) is -0.115. The van der Waals surface area contributed by atoms with E-state index in [-0.39, 0.29) is 18.7 Å². The highest BCUT2D eigenvalue weighted by Gasteiger charge is 2.35. The van der Waals surface area contributed by atoms with Crippen LogP contribution in [0.5, 0.6) is 0 Å². The van der Waals surface area contributed by atoms with Crippen molar-refractivity contribution in [1.29, 1.82) is 0 Å². The van der Waals surface area contributed by atoms with Crippen LogP contribution in [0, 0.1) is 5.82 Å². The zero-order valence-electron chi connectivity index (χ0n) is 8.39. The summed E-state index contributed by atoms with van der Waals surface area (Å²) < 4.78 is 13.0. The average Bonchev–Trinajstić information content (AvgIpc) is 2.60. The quantitative estimate of drug-likeness (QED) is 0.790. The van der Waals surface area contributed by atoms with Crippen molar-refractivity contribution in [3.8, 4) is 0 Å². The van der Waals surface area contributed by atoms with Gasteiger partial charge in [0.25, 0.3) is 0 Å². The number of halogens is 1. The van der Waals surface area contributed by atoms with E-state index in [9.17, 15) is 14.0 Å². The number of hydrogen-bond acceptors (Lipinski definition) is 2. The number of rotatable bonds is 1. The zero-order chi connectivity index (χ0) is 11.7. The maximum absolute atomic E-state index is 13.0. The third kappa shape index (κ3) is 1.88. The Balaban J connectivity index is 2.32. The third-order valence-corrected chi connectivity index (χ3v) is 2.62. The van der Waals surface area contributed by atoms with Crippen LogP contribution < -0.4 is 0 Å². The second-order valence-corrected chi connectivity index (χ2v) is 3.72. The third-order valence-electron chi connectivity index (χ3n) is 2.62. The number of nitrogens with zero attached hydrogens (tertiary/aromatic N) is 1. The molecule has 4 nitrogen and oxygen atoms in total. The molecular weight excluding hydrogens is 213 g/mol. The number of carbonyl (C=O) groups is 2. The van der Waals surface area contributed by atoms with Crippen LogP contribution in [0.25, 0.3) is 0 Å². The van der Waals surface area contributed by atoms with E-state index in [4.69, 9.17) is 5.11 Å². The Morgan fingerprint density at radius 1 is 1.50 bits per heavy atom. The van der Waals surface area contributed by atoms with Gasteiger partial charge in [0.1, 0.15) is 5.82 Å². The molecule has 1 heterocycles. The smallest absolute Gasteiger partial charge is 0.408 e. The van der Waals surface area contributed by atoms with Gasteiger partial charge < -0.3 is 5.11 Å². The molecule has 5 heteroatoms. The maximum atomic E-state index is 13.0. The van der Waals surface area contributed by atoms with Crippen molar-refractivity contribution in [3.05, 3.63) is 35.6 Å². The van der Waals surface area contributed by atoms with E-state index in [1.165, 1.54) is 18.2 Å². The Labute approximate surface area is 91.3 Å². The minimum absolute atomic E-state index is 0.115. The van der Waals surface area contributed by atoms with Gasteiger partial charge in [0.15, 0.2) is 5.78 Å². The highest BCUT2D eigenvalue weighted by molar-refractivity contribution is 5.88. The number of hydrogen-bond donors (Lipinski definition) is 1. The monoisotopic (exact) mass is 223 g/mol. The molecule has 1 saturated heterocycles. The molecule has 1 fully saturated rings. The number of carbonyl (C=O) groups excluding carboxylic acids is 1. The molecule has 16 heavy (non-hydrogen) atoms. The number of ketones is 1. The van der Waals surface area contributed by atoms with E-state index in [0.717, 1.165) is 4.90 Å². The normalized spacial score (nSPS) is 20.2. The molecule has 0 bridgehead atoms. The fraction of sp³-hybridized carbons (Fsp3) is 0.273. The van der Waals surface area contributed by atoms with Crippen LogP contribution in [0.2, 0.25) is 0 Å². The van der Waals surface area contributed by atoms with Gasteiger partial charge in [-0.2, -0.15) is 0 Å². The van der Waals surface area contributed by atoms with Crippen LogP contribution in [-0.2, 0) is 4.79 Å². The Morgan fingerprint density at radius 3 is 2.88 bits per heavy atom. The van der Waals surface area contributed by atoms with E-state index in [2.05, 4.69) is 0 Å². The highest BCUT2D eigenvalue weighted by Crippen LogP contribution is 2.30. The second kappa shape index (κ2) is 3.92. The first kappa shape index (κ1) is 10.6. The zero-order valence-corrected chi connectivity index (χ0v) is 8.39. The molecular formula is C11H10FNO3. The summed E-state index contributed by atoms with van der Waals surface area (Å²) in [7, 11) is 0. The summed E-state index contributed by atoms with van der Waals surface area (Å²) in [5.74, 6) is -0.571. The number of carboxylic acid groups (broad SMARTS) is 1. The Morgan fingerprint density at radius 2 is 2.25 bits per heavy atom. The highest BCUT2D eigenvalue weighted by atomic mass is 19.1. The molecule has 1 unspecified atom stereocenters. The molecule has 1 amide bonds. The predicted molar refractivity (Wildman–Crippen MR) is 53.5 cm³/mol. The van der Waals surface area contributed by atoms with Crippen LogP contribution in [-0.4, -0.2) is 28.4 Å². The molecule has 1 N–H and O–H groups in total. The van der Waals surface area contributed by atoms with Crippen LogP contribution in [0.1, 0.15) is 18.0 Å². The predicted octanol–water partition coefficient (Wildman–Crippen LogP) is 1.82. The molecule has 1 aliphatic rings. The van der Waals surface area contributed by atoms with E-state index in [1.54, 1.807) is 6.07 Å². The fourth-order valence-electron chi connectivity index (χ4n) is 1.90. The van der Waals surface area contributed by atoms with Gasteiger partial charge in [0, 0.05) is 6.42 Å². The van der Waals surface area contributed by atoms with E-state index in [1.807, 2.05) is 0 Å². The minimum Gasteiger partial charge on any atom is -0.465 e. The first-order chi connectivity index (χ1) is 7.58. The fourth-order valence-corrected chi connectivity index (χ4v) is 1.90. The average molecular weight is 223 g/mol. The first-order valence-corrected chi connectivity index (χ1v) is 4.84. The van der Waals surface area contributed by atoms with E-state index in [0.29, 0.717) is 5.56 Å². The van der Waals surface area contributed by atoms with Gasteiger partial charge in [-0.25, -0.2) is 9.18 Å². The van der Waals surface area contributed by atoms with Crippen molar-refractivity contribution in [2.75, 3.05) is 6.54 Å². The van der Waals surface area contributed by atoms with Gasteiger partial charge in [-0.15, -0.1) is 0 Å². The van der Waals surface area contributed by atoms with Crippen molar-refractivity contribution >= 4 is 11.9 Å². The van der Waals surface area contributed by atoms with Gasteiger partial charge in [0.05, 0.1) is 12.6 Å². The van der Waals surface area contributed by atoms with Gasteiger partial charge in [-0.05, 0) is 17.7 Å². The minimum atomic E-state index is -1.15. The number of Topliss-reactive ketones (excluding diaryl/α,β-unsaturated/α-hetero) is 1. The van der Waals surface area contributed by atoms with Crippen LogP contribution in [0.4, 0.5) is 9.18 Å². The maximum Gasteiger partial charge on any atom is 0.408 e. The van der Waals surface area contributed by atoms with Crippen molar-refractivity contribution in [3.63, 3.8) is 0 Å². The largest absolute Gasteiger partial charge is 0.465 e. The molecule has 2 rings (SSSR count). The van der Waals surface area contributed by atoms with Gasteiger partial charge in [0.2, 0.25) is 0 Å². The van der Waals surface area contributed by atoms with Gasteiger partial charge >= 0.3 is 6.09 Å². The summed E-state index contributed by atoms with van der Waals surface area (Å²) in [5.41, 5.74) is 0.522. The lowest BCUT2D eigenvalue weighted by Gasteiger charge is -2.20. The molecule has 0 saturated carbocycles. The van der Waals surface area contributed by atoms with Gasteiger partial charge in [-0.1, -0.05) is 12.1 Å². The van der Waals surface area contributed by atoms with Gasteiger partial charge in [-0.3, -0.25) is 9.69 Å². The summed E-state index contributed by atoms with van der Waals surface area (Å²) in [6.07, 6.45) is -1.03. The van der Waals surface area contributed by atoms with Crippen molar-refractivity contribution in [2.45, 2.75) is 12.5 Å². The molecule has 1 aliphatic heterocycles. The molecule has 84 valence electrons. The number of likely N-dealkylation sites (tertiary alicyclic amines) is 1. The summed E-state index contributed by atoms with van der Waals surface area (Å²) >= 11 is 0. The Kier molecular flexibility index (Phi) is 2.60. The lowest BCUT2D eigenvalue weighted by Crippen LogP contribution is -2.29. The first-order valence-electron chi connectivity index (χ1n) is 4.84. The second-order valence-electron chi connectivity index (χ2n) is 3.72. The molecule has 1 aromatic carbocycles. The lowest BCUT2D eigenvalue weighted by atomic mass is 10.0. The molecule has 0 radical (unpaired) electrons. The topological polar surface area (TPSA) is 57.6 Å². The molecule has 1 aromatic rings. The molecule has 1 atom stereocenters.